The van der Waals surface area contributed by atoms with Crippen LogP contribution >= 0.6 is 34.8 Å². The lowest BCUT2D eigenvalue weighted by Crippen LogP contribution is -2.55. The molecule has 0 aliphatic rings. The molecular formula is C29H32Cl3N3O4S. The van der Waals surface area contributed by atoms with E-state index in [-0.39, 0.29) is 39.5 Å². The normalized spacial score (nSPS) is 12.5. The maximum Gasteiger partial charge on any atom is 0.264 e. The number of halogens is 3. The topological polar surface area (TPSA) is 86.8 Å². The number of nitrogens with one attached hydrogen (secondary N) is 1. The number of hydrogen-bond acceptors (Lipinski definition) is 4. The van der Waals surface area contributed by atoms with E-state index in [2.05, 4.69) is 5.32 Å². The van der Waals surface area contributed by atoms with Gasteiger partial charge in [0, 0.05) is 22.1 Å². The molecule has 0 saturated heterocycles. The van der Waals surface area contributed by atoms with Crippen LogP contribution in [0.15, 0.2) is 77.7 Å². The Morgan fingerprint density at radius 1 is 0.900 bits per heavy atom. The zero-order chi connectivity index (χ0) is 29.7. The molecule has 0 aliphatic heterocycles. The van der Waals surface area contributed by atoms with Crippen LogP contribution in [0, 0.1) is 0 Å². The third-order valence-electron chi connectivity index (χ3n) is 5.97. The minimum absolute atomic E-state index is 0.0168. The molecule has 0 radical (unpaired) electrons. The lowest BCUT2D eigenvalue weighted by atomic mass is 10.1. The fourth-order valence-electron chi connectivity index (χ4n) is 4.09. The van der Waals surface area contributed by atoms with E-state index in [0.29, 0.717) is 10.6 Å². The number of carbonyl (C=O) groups excluding carboxylic acids is 2. The highest BCUT2D eigenvalue weighted by Gasteiger charge is 2.35. The van der Waals surface area contributed by atoms with E-state index in [1.807, 2.05) is 20.8 Å². The van der Waals surface area contributed by atoms with Gasteiger partial charge in [-0.2, -0.15) is 0 Å². The predicted molar refractivity (Wildman–Crippen MR) is 161 cm³/mol. The summed E-state index contributed by atoms with van der Waals surface area (Å²) in [6, 6.07) is 18.2. The van der Waals surface area contributed by atoms with Crippen LogP contribution in [0.2, 0.25) is 15.1 Å². The second kappa shape index (κ2) is 13.3. The second-order valence-corrected chi connectivity index (χ2v) is 13.3. The number of rotatable bonds is 10. The zero-order valence-corrected chi connectivity index (χ0v) is 25.8. The number of amides is 2. The predicted octanol–water partition coefficient (Wildman–Crippen LogP) is 6.56. The van der Waals surface area contributed by atoms with E-state index in [1.54, 1.807) is 49.4 Å². The maximum absolute atomic E-state index is 14.1. The molecule has 1 N–H and O–H groups in total. The van der Waals surface area contributed by atoms with E-state index in [0.717, 1.165) is 4.31 Å². The molecule has 0 aromatic heterocycles. The van der Waals surface area contributed by atoms with Gasteiger partial charge in [-0.05, 0) is 69.2 Å². The van der Waals surface area contributed by atoms with Gasteiger partial charge in [-0.1, -0.05) is 78.1 Å². The number of carbonyl (C=O) groups is 2. The molecule has 0 fully saturated rings. The molecule has 2 amide bonds. The number of benzene rings is 3. The fourth-order valence-corrected chi connectivity index (χ4v) is 6.17. The Hall–Kier alpha value is -2.78. The highest BCUT2D eigenvalue weighted by molar-refractivity contribution is 7.92. The van der Waals surface area contributed by atoms with Crippen LogP contribution in [-0.2, 0) is 26.2 Å². The van der Waals surface area contributed by atoms with Crippen LogP contribution in [0.25, 0.3) is 0 Å². The summed E-state index contributed by atoms with van der Waals surface area (Å²) in [4.78, 5) is 28.8. The summed E-state index contributed by atoms with van der Waals surface area (Å²) >= 11 is 19.1. The monoisotopic (exact) mass is 623 g/mol. The largest absolute Gasteiger partial charge is 0.350 e. The van der Waals surface area contributed by atoms with Crippen molar-refractivity contribution in [1.82, 2.24) is 10.2 Å². The van der Waals surface area contributed by atoms with Gasteiger partial charge in [-0.3, -0.25) is 13.9 Å². The van der Waals surface area contributed by atoms with Crippen LogP contribution in [0.4, 0.5) is 5.69 Å². The lowest BCUT2D eigenvalue weighted by molar-refractivity contribution is -0.141. The second-order valence-electron chi connectivity index (χ2n) is 10.2. The molecule has 0 bridgehead atoms. The zero-order valence-electron chi connectivity index (χ0n) is 22.7. The van der Waals surface area contributed by atoms with Crippen molar-refractivity contribution in [3.8, 4) is 0 Å². The van der Waals surface area contributed by atoms with Crippen LogP contribution in [0.3, 0.4) is 0 Å². The molecule has 40 heavy (non-hydrogen) atoms. The van der Waals surface area contributed by atoms with E-state index in [1.165, 1.54) is 35.2 Å². The van der Waals surface area contributed by atoms with Crippen LogP contribution < -0.4 is 9.62 Å². The number of sulfonamides is 1. The Balaban J connectivity index is 2.12. The molecule has 0 heterocycles. The van der Waals surface area contributed by atoms with Crippen molar-refractivity contribution in [2.45, 2.75) is 57.1 Å². The van der Waals surface area contributed by atoms with Gasteiger partial charge in [0.05, 0.1) is 15.6 Å². The van der Waals surface area contributed by atoms with Crippen molar-refractivity contribution < 1.29 is 18.0 Å². The summed E-state index contributed by atoms with van der Waals surface area (Å²) in [6.07, 6.45) is 0.279. The first-order valence-electron chi connectivity index (χ1n) is 12.6. The molecule has 11 heteroatoms. The van der Waals surface area contributed by atoms with Gasteiger partial charge in [-0.25, -0.2) is 8.42 Å². The summed E-state index contributed by atoms with van der Waals surface area (Å²) in [5.74, 6) is -0.986. The summed E-state index contributed by atoms with van der Waals surface area (Å²) in [5, 5.41) is 3.67. The highest BCUT2D eigenvalue weighted by Crippen LogP contribution is 2.33. The third-order valence-corrected chi connectivity index (χ3v) is 8.67. The average molecular weight is 625 g/mol. The van der Waals surface area contributed by atoms with Gasteiger partial charge < -0.3 is 10.2 Å². The Labute approximate surface area is 251 Å². The third kappa shape index (κ3) is 7.91. The summed E-state index contributed by atoms with van der Waals surface area (Å²) in [7, 11) is -4.27. The number of hydrogen-bond donors (Lipinski definition) is 1. The standard InChI is InChI=1S/C29H32Cl3N3O4S/c1-5-25(28(37)33-29(2,3)4)34(18-20-11-9-10-14-23(20)31)27(36)19-35(26-17-21(30)15-16-24(26)32)40(38,39)22-12-7-6-8-13-22/h6-17,25H,5,18-19H2,1-4H3,(H,33,37)/t25-/m0/s1. The first-order chi connectivity index (χ1) is 18.7. The van der Waals surface area contributed by atoms with Gasteiger partial charge >= 0.3 is 0 Å². The molecule has 0 spiro atoms. The van der Waals surface area contributed by atoms with E-state index in [4.69, 9.17) is 34.8 Å². The van der Waals surface area contributed by atoms with E-state index < -0.39 is 34.1 Å². The molecule has 3 aromatic carbocycles. The average Bonchev–Trinajstić information content (AvgIpc) is 2.89. The lowest BCUT2D eigenvalue weighted by Gasteiger charge is -2.35. The molecule has 7 nitrogen and oxygen atoms in total. The quantitative estimate of drug-likeness (QED) is 0.277. The smallest absolute Gasteiger partial charge is 0.264 e. The van der Waals surface area contributed by atoms with Crippen LogP contribution in [-0.4, -0.2) is 43.3 Å². The van der Waals surface area contributed by atoms with Crippen LogP contribution in [0.1, 0.15) is 39.7 Å². The Bertz CT molecular complexity index is 1460. The number of nitrogens with zero attached hydrogens (tertiary/aromatic N) is 2. The molecule has 0 aliphatic carbocycles. The van der Waals surface area contributed by atoms with Crippen molar-refractivity contribution in [2.75, 3.05) is 10.8 Å². The van der Waals surface area contributed by atoms with Crippen molar-refractivity contribution in [1.29, 1.82) is 0 Å². The molecule has 1 atom stereocenters. The van der Waals surface area contributed by atoms with E-state index >= 15 is 0 Å². The van der Waals surface area contributed by atoms with Gasteiger partial charge in [0.25, 0.3) is 10.0 Å². The van der Waals surface area contributed by atoms with E-state index in [9.17, 15) is 18.0 Å². The maximum atomic E-state index is 14.1. The summed E-state index contributed by atoms with van der Waals surface area (Å²) in [6.45, 7) is 6.65. The Morgan fingerprint density at radius 2 is 1.52 bits per heavy atom. The highest BCUT2D eigenvalue weighted by atomic mass is 35.5. The summed E-state index contributed by atoms with van der Waals surface area (Å²) in [5.41, 5.74) is 0.0923. The molecule has 3 aromatic rings. The van der Waals surface area contributed by atoms with Crippen molar-refractivity contribution in [3.05, 3.63) is 93.4 Å². The SMILES string of the molecule is CC[C@@H](C(=O)NC(C)(C)C)N(Cc1ccccc1Cl)C(=O)CN(c1cc(Cl)ccc1Cl)S(=O)(=O)c1ccccc1. The summed E-state index contributed by atoms with van der Waals surface area (Å²) < 4.78 is 28.7. The fraction of sp³-hybridized carbons (Fsp3) is 0.310. The minimum Gasteiger partial charge on any atom is -0.350 e. The van der Waals surface area contributed by atoms with Gasteiger partial charge in [0.1, 0.15) is 12.6 Å². The van der Waals surface area contributed by atoms with Gasteiger partial charge in [-0.15, -0.1) is 0 Å². The van der Waals surface area contributed by atoms with Crippen molar-refractivity contribution in [3.63, 3.8) is 0 Å². The molecule has 3 rings (SSSR count). The van der Waals surface area contributed by atoms with Gasteiger partial charge in [0.2, 0.25) is 11.8 Å². The van der Waals surface area contributed by atoms with Crippen LogP contribution in [0.5, 0.6) is 0 Å². The number of anilines is 1. The first-order valence-corrected chi connectivity index (χ1v) is 15.2. The minimum atomic E-state index is -4.27. The molecule has 214 valence electrons. The molecular weight excluding hydrogens is 593 g/mol. The van der Waals surface area contributed by atoms with Crippen molar-refractivity contribution >= 4 is 62.3 Å². The van der Waals surface area contributed by atoms with Crippen molar-refractivity contribution in [2.24, 2.45) is 0 Å². The first kappa shape index (κ1) is 31.7. The Morgan fingerprint density at radius 3 is 2.12 bits per heavy atom. The Kier molecular flexibility index (Phi) is 10.5. The molecule has 0 saturated carbocycles. The van der Waals surface area contributed by atoms with Gasteiger partial charge in [0.15, 0.2) is 0 Å². The molecule has 0 unspecified atom stereocenters.